The van der Waals surface area contributed by atoms with Gasteiger partial charge in [0.05, 0.1) is 12.4 Å². The van der Waals surface area contributed by atoms with Crippen LogP contribution in [0.15, 0.2) is 11.1 Å². The van der Waals surface area contributed by atoms with Crippen molar-refractivity contribution in [3.63, 3.8) is 0 Å². The van der Waals surface area contributed by atoms with Crippen molar-refractivity contribution in [1.82, 2.24) is 19.5 Å². The SMILES string of the molecule is CC(C)C(=O)Nc1nc2c(ncn2[C@@H]2O[C@H](CN)C[C@H]2F)c(=O)[nH]1. The van der Waals surface area contributed by atoms with Gasteiger partial charge in [0.1, 0.15) is 6.17 Å². The number of carbonyl (C=O) groups excluding carboxylic acids is 1. The molecule has 0 spiro atoms. The number of imidazole rings is 1. The molecule has 10 heteroatoms. The number of aromatic nitrogens is 4. The van der Waals surface area contributed by atoms with E-state index in [0.29, 0.717) is 0 Å². The monoisotopic (exact) mass is 338 g/mol. The second kappa shape index (κ2) is 6.29. The molecule has 1 amide bonds. The number of carbonyl (C=O) groups is 1. The Kier molecular flexibility index (Phi) is 4.33. The number of ether oxygens (including phenoxy) is 1. The van der Waals surface area contributed by atoms with Crippen LogP contribution < -0.4 is 16.6 Å². The molecule has 0 aliphatic carbocycles. The molecule has 0 bridgehead atoms. The third-order valence-corrected chi connectivity index (χ3v) is 3.86. The normalized spacial score (nSPS) is 24.0. The number of alkyl halides is 1. The van der Waals surface area contributed by atoms with Gasteiger partial charge >= 0.3 is 0 Å². The van der Waals surface area contributed by atoms with E-state index in [4.69, 9.17) is 10.5 Å². The van der Waals surface area contributed by atoms with Gasteiger partial charge in [-0.2, -0.15) is 4.98 Å². The van der Waals surface area contributed by atoms with Crippen LogP contribution in [0.4, 0.5) is 10.3 Å². The average Bonchev–Trinajstić information content (AvgIpc) is 3.10. The van der Waals surface area contributed by atoms with Crippen molar-refractivity contribution < 1.29 is 13.9 Å². The molecule has 0 unspecified atom stereocenters. The summed E-state index contributed by atoms with van der Waals surface area (Å²) in [5, 5.41) is 2.51. The summed E-state index contributed by atoms with van der Waals surface area (Å²) >= 11 is 0. The number of aromatic amines is 1. The van der Waals surface area contributed by atoms with Gasteiger partial charge in [0, 0.05) is 18.9 Å². The highest BCUT2D eigenvalue weighted by Gasteiger charge is 2.37. The van der Waals surface area contributed by atoms with Crippen LogP contribution in [-0.4, -0.2) is 44.2 Å². The van der Waals surface area contributed by atoms with E-state index in [2.05, 4.69) is 20.3 Å². The number of H-pyrrole nitrogens is 1. The summed E-state index contributed by atoms with van der Waals surface area (Å²) in [6, 6.07) is 0. The molecule has 1 saturated heterocycles. The number of nitrogens with zero attached hydrogens (tertiary/aromatic N) is 3. The highest BCUT2D eigenvalue weighted by molar-refractivity contribution is 5.91. The van der Waals surface area contributed by atoms with Crippen LogP contribution in [0, 0.1) is 5.92 Å². The highest BCUT2D eigenvalue weighted by atomic mass is 19.1. The smallest absolute Gasteiger partial charge is 0.280 e. The molecular weight excluding hydrogens is 319 g/mol. The molecule has 9 nitrogen and oxygen atoms in total. The van der Waals surface area contributed by atoms with E-state index in [-0.39, 0.29) is 41.9 Å². The van der Waals surface area contributed by atoms with E-state index in [1.165, 1.54) is 10.9 Å². The number of anilines is 1. The fourth-order valence-corrected chi connectivity index (χ4v) is 2.53. The number of nitrogens with two attached hydrogens (primary N) is 1. The van der Waals surface area contributed by atoms with Crippen LogP contribution in [0.25, 0.3) is 11.2 Å². The lowest BCUT2D eigenvalue weighted by Crippen LogP contribution is -2.23. The second-order valence-corrected chi connectivity index (χ2v) is 6.02. The lowest BCUT2D eigenvalue weighted by molar-refractivity contribution is -0.118. The van der Waals surface area contributed by atoms with E-state index in [0.717, 1.165) is 0 Å². The summed E-state index contributed by atoms with van der Waals surface area (Å²) < 4.78 is 21.1. The minimum absolute atomic E-state index is 0.0169. The fraction of sp³-hybridized carbons (Fsp3) is 0.571. The molecule has 24 heavy (non-hydrogen) atoms. The maximum Gasteiger partial charge on any atom is 0.280 e. The Morgan fingerprint density at radius 1 is 1.62 bits per heavy atom. The van der Waals surface area contributed by atoms with Crippen LogP contribution in [-0.2, 0) is 9.53 Å². The highest BCUT2D eigenvalue weighted by Crippen LogP contribution is 2.32. The van der Waals surface area contributed by atoms with Gasteiger partial charge in [0.25, 0.3) is 5.56 Å². The zero-order valence-electron chi connectivity index (χ0n) is 13.3. The van der Waals surface area contributed by atoms with Crippen LogP contribution in [0.2, 0.25) is 0 Å². The number of hydrogen-bond donors (Lipinski definition) is 3. The maximum atomic E-state index is 14.2. The lowest BCUT2D eigenvalue weighted by Gasteiger charge is -2.15. The van der Waals surface area contributed by atoms with Crippen molar-refractivity contribution >= 4 is 23.0 Å². The predicted molar refractivity (Wildman–Crippen MR) is 84.1 cm³/mol. The zero-order chi connectivity index (χ0) is 17.4. The third-order valence-electron chi connectivity index (χ3n) is 3.86. The fourth-order valence-electron chi connectivity index (χ4n) is 2.53. The summed E-state index contributed by atoms with van der Waals surface area (Å²) in [6.07, 6.45) is -1.17. The summed E-state index contributed by atoms with van der Waals surface area (Å²) in [5.74, 6) is -0.599. The van der Waals surface area contributed by atoms with Crippen molar-refractivity contribution in [1.29, 1.82) is 0 Å². The minimum atomic E-state index is -1.29. The Morgan fingerprint density at radius 3 is 3.00 bits per heavy atom. The molecule has 4 N–H and O–H groups in total. The third kappa shape index (κ3) is 2.89. The standard InChI is InChI=1S/C14H19FN6O3/c1-6(2)11(22)19-14-18-10-9(12(23)20-14)17-5-21(10)13-8(15)3-7(4-16)24-13/h5-8,13H,3-4,16H2,1-2H3,(H2,18,19,20,22,23)/t7-,8+,13+/m0/s1. The summed E-state index contributed by atoms with van der Waals surface area (Å²) in [6.45, 7) is 3.62. The molecule has 0 saturated carbocycles. The first-order valence-corrected chi connectivity index (χ1v) is 7.68. The van der Waals surface area contributed by atoms with Crippen molar-refractivity contribution in [2.45, 2.75) is 38.8 Å². The summed E-state index contributed by atoms with van der Waals surface area (Å²) in [4.78, 5) is 34.5. The van der Waals surface area contributed by atoms with Crippen molar-refractivity contribution in [3.8, 4) is 0 Å². The number of fused-ring (bicyclic) bond motifs is 1. The quantitative estimate of drug-likeness (QED) is 0.735. The predicted octanol–water partition coefficient (Wildman–Crippen LogP) is 0.298. The van der Waals surface area contributed by atoms with Crippen molar-refractivity contribution in [2.75, 3.05) is 11.9 Å². The first-order chi connectivity index (χ1) is 11.4. The van der Waals surface area contributed by atoms with Crippen LogP contribution >= 0.6 is 0 Å². The molecule has 3 rings (SSSR count). The molecule has 0 radical (unpaired) electrons. The van der Waals surface area contributed by atoms with E-state index >= 15 is 0 Å². The van der Waals surface area contributed by atoms with Crippen molar-refractivity contribution in [3.05, 3.63) is 16.7 Å². The Bertz CT molecular complexity index is 816. The molecule has 3 heterocycles. The number of nitrogens with one attached hydrogen (secondary N) is 2. The van der Waals surface area contributed by atoms with Gasteiger partial charge < -0.3 is 10.5 Å². The Labute approximate surface area is 136 Å². The first-order valence-electron chi connectivity index (χ1n) is 7.68. The van der Waals surface area contributed by atoms with E-state index < -0.39 is 24.1 Å². The molecule has 3 atom stereocenters. The Morgan fingerprint density at radius 2 is 2.38 bits per heavy atom. The van der Waals surface area contributed by atoms with Gasteiger partial charge in [-0.15, -0.1) is 0 Å². The molecular formula is C14H19FN6O3. The minimum Gasteiger partial charge on any atom is -0.350 e. The molecule has 1 aliphatic heterocycles. The summed E-state index contributed by atoms with van der Waals surface area (Å²) in [7, 11) is 0. The second-order valence-electron chi connectivity index (χ2n) is 6.02. The first kappa shape index (κ1) is 16.5. The number of halogens is 1. The van der Waals surface area contributed by atoms with E-state index in [9.17, 15) is 14.0 Å². The van der Waals surface area contributed by atoms with Crippen LogP contribution in [0.1, 0.15) is 26.5 Å². The average molecular weight is 338 g/mol. The zero-order valence-corrected chi connectivity index (χ0v) is 13.3. The molecule has 0 aromatic carbocycles. The molecule has 1 aliphatic rings. The van der Waals surface area contributed by atoms with Gasteiger partial charge in [-0.25, -0.2) is 9.37 Å². The van der Waals surface area contributed by atoms with Crippen molar-refractivity contribution in [2.24, 2.45) is 11.7 Å². The molecule has 2 aromatic heterocycles. The van der Waals surface area contributed by atoms with Crippen LogP contribution in [0.3, 0.4) is 0 Å². The largest absolute Gasteiger partial charge is 0.350 e. The van der Waals surface area contributed by atoms with E-state index in [1.807, 2.05) is 0 Å². The Hall–Kier alpha value is -2.33. The topological polar surface area (TPSA) is 128 Å². The van der Waals surface area contributed by atoms with E-state index in [1.54, 1.807) is 13.8 Å². The lowest BCUT2D eigenvalue weighted by atomic mass is 10.2. The van der Waals surface area contributed by atoms with Gasteiger partial charge in [0.15, 0.2) is 17.4 Å². The van der Waals surface area contributed by atoms with Gasteiger partial charge in [0.2, 0.25) is 11.9 Å². The molecule has 130 valence electrons. The molecule has 1 fully saturated rings. The van der Waals surface area contributed by atoms with Gasteiger partial charge in [-0.1, -0.05) is 13.8 Å². The Balaban J connectivity index is 2.00. The number of rotatable bonds is 4. The van der Waals surface area contributed by atoms with Gasteiger partial charge in [-0.3, -0.25) is 24.5 Å². The number of hydrogen-bond acceptors (Lipinski definition) is 6. The van der Waals surface area contributed by atoms with Crippen LogP contribution in [0.5, 0.6) is 0 Å². The molecule has 2 aromatic rings. The van der Waals surface area contributed by atoms with Gasteiger partial charge in [-0.05, 0) is 0 Å². The maximum absolute atomic E-state index is 14.2. The number of amides is 1. The summed E-state index contributed by atoms with van der Waals surface area (Å²) in [5.41, 5.74) is 5.18.